The summed E-state index contributed by atoms with van der Waals surface area (Å²) in [6, 6.07) is 7.50. The molecular formula is C21H25ClN4O. The maximum Gasteiger partial charge on any atom is 0.271 e. The molecule has 0 radical (unpaired) electrons. The molecule has 6 heteroatoms. The topological polar surface area (TPSA) is 59.3 Å². The van der Waals surface area contributed by atoms with E-state index in [1.807, 2.05) is 24.3 Å². The molecule has 2 unspecified atom stereocenters. The van der Waals surface area contributed by atoms with Gasteiger partial charge >= 0.3 is 0 Å². The van der Waals surface area contributed by atoms with Crippen molar-refractivity contribution in [3.05, 3.63) is 52.8 Å². The van der Waals surface area contributed by atoms with Crippen molar-refractivity contribution in [2.75, 3.05) is 0 Å². The molecule has 1 aromatic heterocycles. The Bertz CT molecular complexity index is 899. The molecule has 4 rings (SSSR count). The van der Waals surface area contributed by atoms with Crippen LogP contribution in [0.25, 0.3) is 0 Å². The minimum absolute atomic E-state index is 0.0971. The first-order chi connectivity index (χ1) is 12.8. The Morgan fingerprint density at radius 1 is 1.33 bits per heavy atom. The third-order valence-corrected chi connectivity index (χ3v) is 7.16. The number of rotatable bonds is 4. The lowest BCUT2D eigenvalue weighted by molar-refractivity contribution is 0.0954. The zero-order valence-corrected chi connectivity index (χ0v) is 16.8. The molecule has 0 saturated heterocycles. The maximum atomic E-state index is 12.5. The molecule has 2 aromatic rings. The average Bonchev–Trinajstić information content (AvgIpc) is 3.20. The van der Waals surface area contributed by atoms with E-state index in [0.29, 0.717) is 23.0 Å². The van der Waals surface area contributed by atoms with Crippen molar-refractivity contribution < 1.29 is 4.79 Å². The minimum Gasteiger partial charge on any atom is -0.267 e. The van der Waals surface area contributed by atoms with Gasteiger partial charge in [0.25, 0.3) is 5.91 Å². The summed E-state index contributed by atoms with van der Waals surface area (Å²) in [5.74, 6) is 0.508. The summed E-state index contributed by atoms with van der Waals surface area (Å²) < 4.78 is 1.76. The Kier molecular flexibility index (Phi) is 4.38. The van der Waals surface area contributed by atoms with Crippen molar-refractivity contribution in [3.63, 3.8) is 0 Å². The molecular weight excluding hydrogens is 360 g/mol. The SMILES string of the molecule is CC12CCC(C/C1=N/NC(=O)c1ccc(Cn3cc(Cl)cn3)cc1)C2(C)C. The van der Waals surface area contributed by atoms with Gasteiger partial charge in [-0.25, -0.2) is 5.43 Å². The monoisotopic (exact) mass is 384 g/mol. The summed E-state index contributed by atoms with van der Waals surface area (Å²) >= 11 is 5.88. The van der Waals surface area contributed by atoms with Crippen molar-refractivity contribution in [1.82, 2.24) is 15.2 Å². The Morgan fingerprint density at radius 3 is 2.63 bits per heavy atom. The van der Waals surface area contributed by atoms with Gasteiger partial charge in [-0.3, -0.25) is 9.48 Å². The number of hydrazone groups is 1. The van der Waals surface area contributed by atoms with Crippen LogP contribution >= 0.6 is 11.6 Å². The van der Waals surface area contributed by atoms with E-state index in [9.17, 15) is 4.79 Å². The van der Waals surface area contributed by atoms with Crippen LogP contribution < -0.4 is 5.43 Å². The second kappa shape index (κ2) is 6.48. The molecule has 2 aliphatic rings. The van der Waals surface area contributed by atoms with E-state index in [1.165, 1.54) is 6.42 Å². The van der Waals surface area contributed by atoms with Crippen LogP contribution in [0, 0.1) is 16.7 Å². The minimum atomic E-state index is -0.166. The highest BCUT2D eigenvalue weighted by Gasteiger charge is 2.60. The third kappa shape index (κ3) is 3.08. The van der Waals surface area contributed by atoms with Gasteiger partial charge in [0.15, 0.2) is 0 Å². The van der Waals surface area contributed by atoms with Gasteiger partial charge in [-0.15, -0.1) is 0 Å². The molecule has 1 amide bonds. The van der Waals surface area contributed by atoms with Crippen LogP contribution in [0.15, 0.2) is 41.8 Å². The predicted molar refractivity (Wildman–Crippen MR) is 107 cm³/mol. The highest BCUT2D eigenvalue weighted by molar-refractivity contribution is 6.30. The van der Waals surface area contributed by atoms with Gasteiger partial charge in [0.2, 0.25) is 0 Å². The number of fused-ring (bicyclic) bond motifs is 2. The number of amides is 1. The fraction of sp³-hybridized carbons (Fsp3) is 0.476. The van der Waals surface area contributed by atoms with Gasteiger partial charge in [-0.05, 0) is 48.3 Å². The van der Waals surface area contributed by atoms with E-state index in [-0.39, 0.29) is 16.7 Å². The van der Waals surface area contributed by atoms with Crippen LogP contribution in [0.5, 0.6) is 0 Å². The van der Waals surface area contributed by atoms with Crippen LogP contribution in [0.1, 0.15) is 56.0 Å². The van der Waals surface area contributed by atoms with E-state index in [1.54, 1.807) is 17.1 Å². The largest absolute Gasteiger partial charge is 0.271 e. The molecule has 1 heterocycles. The predicted octanol–water partition coefficient (Wildman–Crippen LogP) is 4.52. The van der Waals surface area contributed by atoms with Crippen molar-refractivity contribution in [2.45, 2.75) is 46.6 Å². The number of halogens is 1. The summed E-state index contributed by atoms with van der Waals surface area (Å²) in [6.07, 6.45) is 6.80. The van der Waals surface area contributed by atoms with E-state index < -0.39 is 0 Å². The first kappa shape index (κ1) is 18.2. The van der Waals surface area contributed by atoms with Gasteiger partial charge < -0.3 is 0 Å². The molecule has 2 atom stereocenters. The van der Waals surface area contributed by atoms with Gasteiger partial charge in [0.1, 0.15) is 0 Å². The molecule has 0 aliphatic heterocycles. The summed E-state index contributed by atoms with van der Waals surface area (Å²) in [4.78, 5) is 12.5. The first-order valence-corrected chi connectivity index (χ1v) is 9.82. The molecule has 2 saturated carbocycles. The first-order valence-electron chi connectivity index (χ1n) is 9.44. The Hall–Kier alpha value is -2.14. The van der Waals surface area contributed by atoms with Crippen molar-refractivity contribution in [3.8, 4) is 0 Å². The normalized spacial score (nSPS) is 27.3. The zero-order chi connectivity index (χ0) is 19.2. The number of carbonyl (C=O) groups is 1. The van der Waals surface area contributed by atoms with Crippen LogP contribution in [-0.2, 0) is 6.54 Å². The van der Waals surface area contributed by atoms with Gasteiger partial charge in [-0.2, -0.15) is 10.2 Å². The van der Waals surface area contributed by atoms with E-state index in [4.69, 9.17) is 11.6 Å². The highest BCUT2D eigenvalue weighted by Crippen LogP contribution is 2.63. The lowest BCUT2D eigenvalue weighted by Crippen LogP contribution is -2.34. The number of hydrogen-bond acceptors (Lipinski definition) is 3. The molecule has 142 valence electrons. The van der Waals surface area contributed by atoms with Gasteiger partial charge in [-0.1, -0.05) is 44.5 Å². The van der Waals surface area contributed by atoms with Gasteiger partial charge in [0, 0.05) is 22.9 Å². The fourth-order valence-electron chi connectivity index (χ4n) is 4.65. The summed E-state index contributed by atoms with van der Waals surface area (Å²) in [7, 11) is 0. The van der Waals surface area contributed by atoms with Crippen LogP contribution in [0.2, 0.25) is 5.02 Å². The van der Waals surface area contributed by atoms with Crippen molar-refractivity contribution in [1.29, 1.82) is 0 Å². The lowest BCUT2D eigenvalue weighted by Gasteiger charge is -2.34. The maximum absolute atomic E-state index is 12.5. The lowest BCUT2D eigenvalue weighted by atomic mass is 9.70. The fourth-order valence-corrected chi connectivity index (χ4v) is 4.81. The standard InChI is InChI=1S/C21H25ClN4O/c1-20(2)16-8-9-21(20,3)18(10-16)24-25-19(27)15-6-4-14(5-7-15)12-26-13-17(22)11-23-26/h4-7,11,13,16H,8-10,12H2,1-3H3,(H,25,27)/b24-18-. The molecule has 2 bridgehead atoms. The summed E-state index contributed by atoms with van der Waals surface area (Å²) in [6.45, 7) is 7.58. The second-order valence-electron chi connectivity index (χ2n) is 8.55. The quantitative estimate of drug-likeness (QED) is 0.788. The van der Waals surface area contributed by atoms with Gasteiger partial charge in [0.05, 0.1) is 17.8 Å². The molecule has 2 aliphatic carbocycles. The second-order valence-corrected chi connectivity index (χ2v) is 8.98. The number of carbonyl (C=O) groups excluding carboxylic acids is 1. The molecule has 2 fully saturated rings. The summed E-state index contributed by atoms with van der Waals surface area (Å²) in [5, 5.41) is 9.31. The number of nitrogens with one attached hydrogen (secondary N) is 1. The smallest absolute Gasteiger partial charge is 0.267 e. The van der Waals surface area contributed by atoms with Crippen molar-refractivity contribution in [2.24, 2.45) is 21.8 Å². The Labute approximate surface area is 164 Å². The number of nitrogens with zero attached hydrogens (tertiary/aromatic N) is 3. The molecule has 1 N–H and O–H groups in total. The third-order valence-electron chi connectivity index (χ3n) is 6.97. The van der Waals surface area contributed by atoms with Crippen molar-refractivity contribution >= 4 is 23.2 Å². The summed E-state index contributed by atoms with van der Waals surface area (Å²) in [5.41, 5.74) is 5.93. The molecule has 1 aromatic carbocycles. The Balaban J connectivity index is 1.42. The highest BCUT2D eigenvalue weighted by atomic mass is 35.5. The number of benzene rings is 1. The van der Waals surface area contributed by atoms with Crippen LogP contribution in [0.4, 0.5) is 0 Å². The van der Waals surface area contributed by atoms with E-state index in [0.717, 1.165) is 24.1 Å². The van der Waals surface area contributed by atoms with E-state index in [2.05, 4.69) is 36.4 Å². The van der Waals surface area contributed by atoms with Crippen LogP contribution in [-0.4, -0.2) is 21.4 Å². The van der Waals surface area contributed by atoms with Crippen LogP contribution in [0.3, 0.4) is 0 Å². The zero-order valence-electron chi connectivity index (χ0n) is 16.0. The van der Waals surface area contributed by atoms with E-state index >= 15 is 0 Å². The molecule has 5 nitrogen and oxygen atoms in total. The number of hydrogen-bond donors (Lipinski definition) is 1. The molecule has 0 spiro atoms. The Morgan fingerprint density at radius 2 is 2.07 bits per heavy atom. The number of aromatic nitrogens is 2. The molecule has 27 heavy (non-hydrogen) atoms. The average molecular weight is 385 g/mol.